The van der Waals surface area contributed by atoms with Crippen molar-refractivity contribution in [1.82, 2.24) is 10.4 Å². The van der Waals surface area contributed by atoms with Gasteiger partial charge in [0.2, 0.25) is 5.91 Å². The van der Waals surface area contributed by atoms with Gasteiger partial charge in [0.05, 0.1) is 12.6 Å². The Morgan fingerprint density at radius 3 is 2.61 bits per heavy atom. The van der Waals surface area contributed by atoms with Gasteiger partial charge in [-0.05, 0) is 40.1 Å². The highest BCUT2D eigenvalue weighted by Crippen LogP contribution is 2.27. The van der Waals surface area contributed by atoms with Gasteiger partial charge in [-0.15, -0.1) is 0 Å². The van der Waals surface area contributed by atoms with E-state index in [4.69, 9.17) is 0 Å². The number of hydrogen-bond acceptors (Lipinski definition) is 3. The topological polar surface area (TPSA) is 54.4 Å². The summed E-state index contributed by atoms with van der Waals surface area (Å²) in [7, 11) is 0. The molecule has 23 heavy (non-hydrogen) atoms. The Kier molecular flexibility index (Phi) is 4.78. The zero-order valence-electron chi connectivity index (χ0n) is 12.2. The number of rotatable bonds is 4. The molecule has 1 aromatic heterocycles. The number of nitrogens with zero attached hydrogens (tertiary/aromatic N) is 2. The van der Waals surface area contributed by atoms with Gasteiger partial charge in [-0.2, -0.15) is 5.10 Å². The van der Waals surface area contributed by atoms with E-state index in [-0.39, 0.29) is 12.3 Å². The maximum absolute atomic E-state index is 12.1. The van der Waals surface area contributed by atoms with E-state index >= 15 is 0 Å². The quantitative estimate of drug-likeness (QED) is 0.564. The first-order valence-electron chi connectivity index (χ1n) is 7.12. The molecule has 3 aromatic rings. The van der Waals surface area contributed by atoms with Crippen LogP contribution in [0.15, 0.2) is 70.5 Å². The highest BCUT2D eigenvalue weighted by Gasteiger charge is 2.08. The number of fused-ring (bicyclic) bond motifs is 1. The molecule has 0 aliphatic heterocycles. The van der Waals surface area contributed by atoms with Crippen LogP contribution in [-0.2, 0) is 11.2 Å². The third-order valence-electron chi connectivity index (χ3n) is 3.42. The number of hydrazone groups is 1. The van der Waals surface area contributed by atoms with Crippen LogP contribution in [0.3, 0.4) is 0 Å². The molecule has 0 radical (unpaired) electrons. The van der Waals surface area contributed by atoms with E-state index in [9.17, 15) is 4.79 Å². The van der Waals surface area contributed by atoms with Crippen LogP contribution in [0.2, 0.25) is 0 Å². The van der Waals surface area contributed by atoms with Crippen LogP contribution >= 0.6 is 15.9 Å². The molecule has 0 bridgehead atoms. The molecule has 114 valence electrons. The van der Waals surface area contributed by atoms with E-state index in [1.807, 2.05) is 48.5 Å². The summed E-state index contributed by atoms with van der Waals surface area (Å²) in [5.74, 6) is -0.150. The van der Waals surface area contributed by atoms with Gasteiger partial charge in [-0.1, -0.05) is 46.3 Å². The molecule has 0 saturated carbocycles. The van der Waals surface area contributed by atoms with Gasteiger partial charge in [0.1, 0.15) is 0 Å². The van der Waals surface area contributed by atoms with Gasteiger partial charge in [0.15, 0.2) is 0 Å². The van der Waals surface area contributed by atoms with Crippen molar-refractivity contribution in [2.45, 2.75) is 6.42 Å². The molecule has 2 aromatic carbocycles. The lowest BCUT2D eigenvalue weighted by molar-refractivity contribution is -0.120. The van der Waals surface area contributed by atoms with Gasteiger partial charge < -0.3 is 0 Å². The first-order valence-corrected chi connectivity index (χ1v) is 7.91. The van der Waals surface area contributed by atoms with Crippen LogP contribution in [0.5, 0.6) is 0 Å². The number of nitrogens with one attached hydrogen (secondary N) is 1. The van der Waals surface area contributed by atoms with Crippen LogP contribution in [0.4, 0.5) is 0 Å². The van der Waals surface area contributed by atoms with Crippen molar-refractivity contribution in [2.75, 3.05) is 0 Å². The number of amides is 1. The molecule has 1 amide bonds. The summed E-state index contributed by atoms with van der Waals surface area (Å²) in [6, 6.07) is 15.6. The Labute approximate surface area is 142 Å². The molecule has 3 rings (SSSR count). The molecule has 5 heteroatoms. The van der Waals surface area contributed by atoms with Gasteiger partial charge in [0, 0.05) is 16.9 Å². The van der Waals surface area contributed by atoms with E-state index in [0.29, 0.717) is 0 Å². The molecule has 0 saturated heterocycles. The van der Waals surface area contributed by atoms with Gasteiger partial charge >= 0.3 is 0 Å². The standard InChI is InChI=1S/C18H14BrN3O/c19-17-6-5-14(15-3-1-2-4-16(15)17)11-18(23)22-21-12-13-7-9-20-10-8-13/h1-10,12H,11H2,(H,22,23). The molecule has 0 aliphatic rings. The highest BCUT2D eigenvalue weighted by molar-refractivity contribution is 9.10. The molecule has 0 unspecified atom stereocenters. The van der Waals surface area contributed by atoms with Gasteiger partial charge in [-0.25, -0.2) is 5.43 Å². The van der Waals surface area contributed by atoms with Crippen LogP contribution < -0.4 is 5.43 Å². The number of halogens is 1. The summed E-state index contributed by atoms with van der Waals surface area (Å²) >= 11 is 3.54. The molecule has 1 heterocycles. The molecule has 4 nitrogen and oxygen atoms in total. The van der Waals surface area contributed by atoms with E-state index in [1.165, 1.54) is 0 Å². The van der Waals surface area contributed by atoms with Crippen LogP contribution in [-0.4, -0.2) is 17.1 Å². The number of benzene rings is 2. The Bertz CT molecular complexity index is 863. The predicted molar refractivity (Wildman–Crippen MR) is 95.3 cm³/mol. The Morgan fingerprint density at radius 2 is 1.83 bits per heavy atom. The minimum Gasteiger partial charge on any atom is -0.273 e. The molecule has 0 atom stereocenters. The predicted octanol–water partition coefficient (Wildman–Crippen LogP) is 3.69. The largest absolute Gasteiger partial charge is 0.273 e. The fraction of sp³-hybridized carbons (Fsp3) is 0.0556. The smallest absolute Gasteiger partial charge is 0.244 e. The Morgan fingerprint density at radius 1 is 1.09 bits per heavy atom. The lowest BCUT2D eigenvalue weighted by Crippen LogP contribution is -2.19. The van der Waals surface area contributed by atoms with Gasteiger partial charge in [-0.3, -0.25) is 9.78 Å². The molecule has 1 N–H and O–H groups in total. The first kappa shape index (κ1) is 15.4. The van der Waals surface area contributed by atoms with E-state index in [1.54, 1.807) is 18.6 Å². The van der Waals surface area contributed by atoms with E-state index in [0.717, 1.165) is 26.4 Å². The molecule has 0 fully saturated rings. The second-order valence-corrected chi connectivity index (χ2v) is 5.86. The molecular weight excluding hydrogens is 354 g/mol. The second-order valence-electron chi connectivity index (χ2n) is 5.00. The zero-order valence-corrected chi connectivity index (χ0v) is 13.8. The van der Waals surface area contributed by atoms with Crippen molar-refractivity contribution in [3.05, 3.63) is 76.5 Å². The first-order chi connectivity index (χ1) is 11.2. The summed E-state index contributed by atoms with van der Waals surface area (Å²) in [5.41, 5.74) is 4.41. The number of pyridine rings is 1. The summed E-state index contributed by atoms with van der Waals surface area (Å²) in [4.78, 5) is 16.0. The third-order valence-corrected chi connectivity index (χ3v) is 4.11. The van der Waals surface area contributed by atoms with Crippen molar-refractivity contribution in [3.8, 4) is 0 Å². The van der Waals surface area contributed by atoms with Crippen molar-refractivity contribution in [1.29, 1.82) is 0 Å². The molecule has 0 aliphatic carbocycles. The maximum Gasteiger partial charge on any atom is 0.244 e. The Balaban J connectivity index is 1.71. The van der Waals surface area contributed by atoms with E-state index in [2.05, 4.69) is 31.4 Å². The number of hydrogen-bond donors (Lipinski definition) is 1. The van der Waals surface area contributed by atoms with Crippen molar-refractivity contribution >= 4 is 38.8 Å². The fourth-order valence-corrected chi connectivity index (χ4v) is 2.80. The minimum absolute atomic E-state index is 0.150. The molecule has 0 spiro atoms. The van der Waals surface area contributed by atoms with Crippen molar-refractivity contribution in [2.24, 2.45) is 5.10 Å². The number of aromatic nitrogens is 1. The van der Waals surface area contributed by atoms with Gasteiger partial charge in [0.25, 0.3) is 0 Å². The summed E-state index contributed by atoms with van der Waals surface area (Å²) in [6.45, 7) is 0. The lowest BCUT2D eigenvalue weighted by atomic mass is 10.0. The van der Waals surface area contributed by atoms with Crippen LogP contribution in [0.1, 0.15) is 11.1 Å². The normalized spacial score (nSPS) is 11.0. The highest BCUT2D eigenvalue weighted by atomic mass is 79.9. The van der Waals surface area contributed by atoms with Crippen LogP contribution in [0, 0.1) is 0 Å². The third kappa shape index (κ3) is 3.81. The number of carbonyl (C=O) groups excluding carboxylic acids is 1. The summed E-state index contributed by atoms with van der Waals surface area (Å²) < 4.78 is 1.02. The minimum atomic E-state index is -0.150. The molecular formula is C18H14BrN3O. The van der Waals surface area contributed by atoms with Crippen molar-refractivity contribution < 1.29 is 4.79 Å². The summed E-state index contributed by atoms with van der Waals surface area (Å²) in [6.07, 6.45) is 5.23. The second kappa shape index (κ2) is 7.15. The average molecular weight is 368 g/mol. The van der Waals surface area contributed by atoms with E-state index < -0.39 is 0 Å². The SMILES string of the molecule is O=C(Cc1ccc(Br)c2ccccc12)NN=Cc1ccncc1. The zero-order chi connectivity index (χ0) is 16.1. The average Bonchev–Trinajstić information content (AvgIpc) is 2.59. The Hall–Kier alpha value is -2.53. The van der Waals surface area contributed by atoms with Crippen molar-refractivity contribution in [3.63, 3.8) is 0 Å². The monoisotopic (exact) mass is 367 g/mol. The maximum atomic E-state index is 12.1. The lowest BCUT2D eigenvalue weighted by Gasteiger charge is -2.07. The summed E-state index contributed by atoms with van der Waals surface area (Å²) in [5, 5.41) is 6.13. The number of carbonyl (C=O) groups is 1. The fourth-order valence-electron chi connectivity index (χ4n) is 2.32. The van der Waals surface area contributed by atoms with Crippen LogP contribution in [0.25, 0.3) is 10.8 Å².